The lowest BCUT2D eigenvalue weighted by molar-refractivity contribution is 1.36. The van der Waals surface area contributed by atoms with Gasteiger partial charge in [0.25, 0.3) is 0 Å². The van der Waals surface area contributed by atoms with Crippen LogP contribution in [0.5, 0.6) is 0 Å². The van der Waals surface area contributed by atoms with Crippen molar-refractivity contribution in [2.24, 2.45) is 0 Å². The standard InChI is InChI=1S/C14H13N3S2/c1-9-3-5-10(6-4-9)13-16-7-12(19-13)11-8-18-14(15-2)17-11/h3-8H,1-2H3,(H,15,17). The van der Waals surface area contributed by atoms with Crippen molar-refractivity contribution in [3.63, 3.8) is 0 Å². The SMILES string of the molecule is CNc1nc(-c2cnc(-c3ccc(C)cc3)s2)cs1. The number of hydrogen-bond acceptors (Lipinski definition) is 5. The first-order chi connectivity index (χ1) is 9.26. The van der Waals surface area contributed by atoms with E-state index < -0.39 is 0 Å². The molecule has 19 heavy (non-hydrogen) atoms. The van der Waals surface area contributed by atoms with E-state index in [0.717, 1.165) is 26.3 Å². The molecule has 0 spiro atoms. The van der Waals surface area contributed by atoms with Gasteiger partial charge in [0.15, 0.2) is 5.13 Å². The average Bonchev–Trinajstić information content (AvgIpc) is 3.08. The Morgan fingerprint density at radius 2 is 1.95 bits per heavy atom. The molecule has 0 bridgehead atoms. The van der Waals surface area contributed by atoms with Crippen molar-refractivity contribution in [2.45, 2.75) is 6.92 Å². The Balaban J connectivity index is 1.92. The Labute approximate surface area is 120 Å². The molecule has 0 aliphatic carbocycles. The normalized spacial score (nSPS) is 10.6. The van der Waals surface area contributed by atoms with Crippen LogP contribution in [-0.2, 0) is 0 Å². The number of benzene rings is 1. The zero-order valence-electron chi connectivity index (χ0n) is 10.7. The molecule has 1 N–H and O–H groups in total. The number of aryl methyl sites for hydroxylation is 1. The van der Waals surface area contributed by atoms with E-state index in [9.17, 15) is 0 Å². The quantitative estimate of drug-likeness (QED) is 0.781. The summed E-state index contributed by atoms with van der Waals surface area (Å²) in [7, 11) is 1.88. The zero-order chi connectivity index (χ0) is 13.2. The van der Waals surface area contributed by atoms with E-state index >= 15 is 0 Å². The van der Waals surface area contributed by atoms with E-state index in [1.807, 2.05) is 13.2 Å². The van der Waals surface area contributed by atoms with E-state index in [1.54, 1.807) is 22.7 Å². The fourth-order valence-electron chi connectivity index (χ4n) is 1.72. The molecule has 0 aliphatic heterocycles. The summed E-state index contributed by atoms with van der Waals surface area (Å²) in [5.41, 5.74) is 3.41. The Kier molecular flexibility index (Phi) is 3.31. The van der Waals surface area contributed by atoms with Crippen LogP contribution in [0.2, 0.25) is 0 Å². The Bertz CT molecular complexity index is 683. The first kappa shape index (κ1) is 12.3. The van der Waals surface area contributed by atoms with E-state index in [4.69, 9.17) is 0 Å². The van der Waals surface area contributed by atoms with Crippen molar-refractivity contribution >= 4 is 27.8 Å². The number of nitrogens with one attached hydrogen (secondary N) is 1. The highest BCUT2D eigenvalue weighted by atomic mass is 32.1. The minimum Gasteiger partial charge on any atom is -0.365 e. The summed E-state index contributed by atoms with van der Waals surface area (Å²) < 4.78 is 0. The molecule has 3 aromatic rings. The van der Waals surface area contributed by atoms with Gasteiger partial charge in [0.1, 0.15) is 5.01 Å². The second-order valence-electron chi connectivity index (χ2n) is 4.18. The summed E-state index contributed by atoms with van der Waals surface area (Å²) in [6.45, 7) is 2.09. The van der Waals surface area contributed by atoms with Gasteiger partial charge in [-0.2, -0.15) is 0 Å². The number of rotatable bonds is 3. The highest BCUT2D eigenvalue weighted by Gasteiger charge is 2.09. The van der Waals surface area contributed by atoms with Crippen LogP contribution in [-0.4, -0.2) is 17.0 Å². The summed E-state index contributed by atoms with van der Waals surface area (Å²) in [6, 6.07) is 8.44. The van der Waals surface area contributed by atoms with Gasteiger partial charge in [-0.25, -0.2) is 9.97 Å². The predicted molar refractivity (Wildman–Crippen MR) is 82.9 cm³/mol. The highest BCUT2D eigenvalue weighted by molar-refractivity contribution is 7.19. The lowest BCUT2D eigenvalue weighted by Gasteiger charge is -1.96. The van der Waals surface area contributed by atoms with Crippen molar-refractivity contribution in [1.29, 1.82) is 0 Å². The van der Waals surface area contributed by atoms with E-state index in [-0.39, 0.29) is 0 Å². The number of nitrogens with zero attached hydrogens (tertiary/aromatic N) is 2. The van der Waals surface area contributed by atoms with Gasteiger partial charge < -0.3 is 5.32 Å². The Morgan fingerprint density at radius 1 is 1.16 bits per heavy atom. The van der Waals surface area contributed by atoms with Crippen molar-refractivity contribution in [2.75, 3.05) is 12.4 Å². The van der Waals surface area contributed by atoms with Crippen LogP contribution in [0, 0.1) is 6.92 Å². The average molecular weight is 287 g/mol. The maximum absolute atomic E-state index is 4.50. The fraction of sp³-hybridized carbons (Fsp3) is 0.143. The van der Waals surface area contributed by atoms with Crippen molar-refractivity contribution in [3.8, 4) is 21.1 Å². The second kappa shape index (κ2) is 5.11. The van der Waals surface area contributed by atoms with Gasteiger partial charge >= 0.3 is 0 Å². The molecule has 3 nitrogen and oxygen atoms in total. The third kappa shape index (κ3) is 2.52. The first-order valence-electron chi connectivity index (χ1n) is 5.93. The Morgan fingerprint density at radius 3 is 2.63 bits per heavy atom. The van der Waals surface area contributed by atoms with Gasteiger partial charge in [0, 0.05) is 24.2 Å². The molecule has 0 saturated heterocycles. The molecule has 2 heterocycles. The molecule has 0 radical (unpaired) electrons. The van der Waals surface area contributed by atoms with Gasteiger partial charge in [-0.05, 0) is 6.92 Å². The maximum Gasteiger partial charge on any atom is 0.182 e. The molecule has 3 rings (SSSR count). The van der Waals surface area contributed by atoms with E-state index in [2.05, 4.69) is 51.9 Å². The molecule has 0 unspecified atom stereocenters. The third-order valence-corrected chi connectivity index (χ3v) is 4.70. The molecule has 2 aromatic heterocycles. The molecule has 1 aromatic carbocycles. The molecule has 0 amide bonds. The summed E-state index contributed by atoms with van der Waals surface area (Å²) in [4.78, 5) is 10.1. The summed E-state index contributed by atoms with van der Waals surface area (Å²) in [5.74, 6) is 0. The second-order valence-corrected chi connectivity index (χ2v) is 6.07. The van der Waals surface area contributed by atoms with Crippen LogP contribution in [0.4, 0.5) is 5.13 Å². The number of anilines is 1. The van der Waals surface area contributed by atoms with Gasteiger partial charge in [-0.15, -0.1) is 22.7 Å². The molecule has 0 fully saturated rings. The minimum atomic E-state index is 0.931. The molecule has 0 saturated carbocycles. The largest absolute Gasteiger partial charge is 0.365 e. The van der Waals surface area contributed by atoms with Gasteiger partial charge in [-0.1, -0.05) is 29.8 Å². The molecule has 0 atom stereocenters. The first-order valence-corrected chi connectivity index (χ1v) is 7.62. The van der Waals surface area contributed by atoms with Crippen molar-refractivity contribution < 1.29 is 0 Å². The van der Waals surface area contributed by atoms with Crippen LogP contribution in [0.25, 0.3) is 21.1 Å². The van der Waals surface area contributed by atoms with Crippen LogP contribution in [0.3, 0.4) is 0 Å². The van der Waals surface area contributed by atoms with Gasteiger partial charge in [0.05, 0.1) is 10.6 Å². The zero-order valence-corrected chi connectivity index (χ0v) is 12.3. The van der Waals surface area contributed by atoms with E-state index in [0.29, 0.717) is 0 Å². The molecular formula is C14H13N3S2. The number of thiazole rings is 2. The fourth-order valence-corrected chi connectivity index (χ4v) is 3.35. The summed E-state index contributed by atoms with van der Waals surface area (Å²) in [6.07, 6.45) is 1.90. The molecule has 0 aliphatic rings. The van der Waals surface area contributed by atoms with Crippen LogP contribution in [0.15, 0.2) is 35.8 Å². The van der Waals surface area contributed by atoms with E-state index in [1.165, 1.54) is 5.56 Å². The number of hydrogen-bond donors (Lipinski definition) is 1. The summed E-state index contributed by atoms with van der Waals surface area (Å²) >= 11 is 3.28. The topological polar surface area (TPSA) is 37.8 Å². The molecule has 96 valence electrons. The maximum atomic E-state index is 4.50. The monoisotopic (exact) mass is 287 g/mol. The minimum absolute atomic E-state index is 0.931. The van der Waals surface area contributed by atoms with Crippen LogP contribution >= 0.6 is 22.7 Å². The van der Waals surface area contributed by atoms with Crippen LogP contribution < -0.4 is 5.32 Å². The highest BCUT2D eigenvalue weighted by Crippen LogP contribution is 2.33. The van der Waals surface area contributed by atoms with Gasteiger partial charge in [-0.3, -0.25) is 0 Å². The van der Waals surface area contributed by atoms with Gasteiger partial charge in [0.2, 0.25) is 0 Å². The van der Waals surface area contributed by atoms with Crippen LogP contribution in [0.1, 0.15) is 5.56 Å². The summed E-state index contributed by atoms with van der Waals surface area (Å²) in [5, 5.41) is 7.07. The molecule has 5 heteroatoms. The third-order valence-electron chi connectivity index (χ3n) is 2.77. The number of aromatic nitrogens is 2. The Hall–Kier alpha value is -1.72. The van der Waals surface area contributed by atoms with Crippen molar-refractivity contribution in [1.82, 2.24) is 9.97 Å². The smallest absolute Gasteiger partial charge is 0.182 e. The lowest BCUT2D eigenvalue weighted by atomic mass is 10.2. The predicted octanol–water partition coefficient (Wildman–Crippen LogP) is 4.28. The lowest BCUT2D eigenvalue weighted by Crippen LogP contribution is -1.84. The van der Waals surface area contributed by atoms with Crippen molar-refractivity contribution in [3.05, 3.63) is 41.4 Å². The molecular weight excluding hydrogens is 274 g/mol.